The third-order valence-corrected chi connectivity index (χ3v) is 4.89. The first-order chi connectivity index (χ1) is 12.2. The molecule has 1 atom stereocenters. The van der Waals surface area contributed by atoms with Crippen LogP contribution < -0.4 is 0 Å². The van der Waals surface area contributed by atoms with Gasteiger partial charge in [0.25, 0.3) is 0 Å². The van der Waals surface area contributed by atoms with Crippen molar-refractivity contribution in [3.63, 3.8) is 0 Å². The van der Waals surface area contributed by atoms with E-state index in [2.05, 4.69) is 6.92 Å². The van der Waals surface area contributed by atoms with Crippen LogP contribution in [0.5, 0.6) is 0 Å². The quantitative estimate of drug-likeness (QED) is 0.263. The van der Waals surface area contributed by atoms with Crippen LogP contribution in [0.1, 0.15) is 110 Å². The monoisotopic (exact) mass is 354 g/mol. The van der Waals surface area contributed by atoms with Gasteiger partial charge in [0.2, 0.25) is 0 Å². The molecule has 1 heterocycles. The second kappa shape index (κ2) is 15.2. The van der Waals surface area contributed by atoms with E-state index in [4.69, 9.17) is 9.47 Å². The highest BCUT2D eigenvalue weighted by atomic mass is 16.5. The summed E-state index contributed by atoms with van der Waals surface area (Å²) < 4.78 is 10.4. The molecule has 0 aromatic carbocycles. The molecule has 1 rings (SSSR count). The molecular weight excluding hydrogens is 316 g/mol. The number of carbonyl (C=O) groups is 2. The van der Waals surface area contributed by atoms with Crippen LogP contribution in [-0.4, -0.2) is 24.6 Å². The Kier molecular flexibility index (Phi) is 13.4. The molecule has 4 nitrogen and oxygen atoms in total. The van der Waals surface area contributed by atoms with Crippen molar-refractivity contribution >= 4 is 11.9 Å². The Labute approximate surface area is 154 Å². The van der Waals surface area contributed by atoms with E-state index in [-0.39, 0.29) is 18.0 Å². The standard InChI is InChI=1S/C21H38O4/c1-2-3-15-20(22)24-18-13-11-9-7-5-4-6-8-10-12-14-19-16-17-21(23)25-19/h19H,2-18H2,1H3. The minimum Gasteiger partial charge on any atom is -0.466 e. The van der Waals surface area contributed by atoms with Crippen molar-refractivity contribution in [2.24, 2.45) is 0 Å². The van der Waals surface area contributed by atoms with Crippen LogP contribution in [0.3, 0.4) is 0 Å². The van der Waals surface area contributed by atoms with Crippen LogP contribution in [0.2, 0.25) is 0 Å². The van der Waals surface area contributed by atoms with Crippen molar-refractivity contribution in [3.05, 3.63) is 0 Å². The summed E-state index contributed by atoms with van der Waals surface area (Å²) in [7, 11) is 0. The molecule has 0 aromatic heterocycles. The number of rotatable bonds is 16. The number of cyclic esters (lactones) is 1. The second-order valence-electron chi connectivity index (χ2n) is 7.30. The van der Waals surface area contributed by atoms with Crippen LogP contribution in [0.15, 0.2) is 0 Å². The summed E-state index contributed by atoms with van der Waals surface area (Å²) in [5.41, 5.74) is 0. The number of ether oxygens (including phenoxy) is 2. The Balaban J connectivity index is 1.72. The van der Waals surface area contributed by atoms with Crippen LogP contribution in [0, 0.1) is 0 Å². The maximum absolute atomic E-state index is 11.3. The molecule has 0 amide bonds. The lowest BCUT2D eigenvalue weighted by molar-refractivity contribution is -0.144. The third-order valence-electron chi connectivity index (χ3n) is 4.89. The topological polar surface area (TPSA) is 52.6 Å². The molecule has 0 saturated carbocycles. The van der Waals surface area contributed by atoms with Crippen LogP contribution >= 0.6 is 0 Å². The average molecular weight is 355 g/mol. The van der Waals surface area contributed by atoms with Gasteiger partial charge in [-0.25, -0.2) is 0 Å². The Morgan fingerprint density at radius 2 is 1.56 bits per heavy atom. The minimum atomic E-state index is -0.0343. The summed E-state index contributed by atoms with van der Waals surface area (Å²) in [5.74, 6) is -0.0485. The number of hydrogen-bond acceptors (Lipinski definition) is 4. The SMILES string of the molecule is CCCCC(=O)OCCCCCCCCCCCCC1CCC(=O)O1. The molecule has 0 bridgehead atoms. The largest absolute Gasteiger partial charge is 0.466 e. The van der Waals surface area contributed by atoms with Gasteiger partial charge in [0.05, 0.1) is 6.61 Å². The van der Waals surface area contributed by atoms with Crippen LogP contribution in [0.25, 0.3) is 0 Å². The van der Waals surface area contributed by atoms with E-state index in [0.717, 1.165) is 32.1 Å². The van der Waals surface area contributed by atoms with Gasteiger partial charge in [-0.15, -0.1) is 0 Å². The van der Waals surface area contributed by atoms with Gasteiger partial charge in [-0.1, -0.05) is 64.7 Å². The zero-order valence-electron chi connectivity index (χ0n) is 16.2. The number of carbonyl (C=O) groups excluding carboxylic acids is 2. The molecule has 1 aliphatic heterocycles. The van der Waals surface area contributed by atoms with E-state index in [0.29, 0.717) is 19.4 Å². The highest BCUT2D eigenvalue weighted by Crippen LogP contribution is 2.20. The molecular formula is C21H38O4. The number of esters is 2. The van der Waals surface area contributed by atoms with E-state index in [1.807, 2.05) is 0 Å². The molecule has 25 heavy (non-hydrogen) atoms. The summed E-state index contributed by atoms with van der Waals surface area (Å²) in [5, 5.41) is 0. The van der Waals surface area contributed by atoms with Crippen molar-refractivity contribution in [1.82, 2.24) is 0 Å². The summed E-state index contributed by atoms with van der Waals surface area (Å²) in [4.78, 5) is 22.3. The third kappa shape index (κ3) is 12.9. The van der Waals surface area contributed by atoms with Crippen molar-refractivity contribution in [2.45, 2.75) is 116 Å². The van der Waals surface area contributed by atoms with E-state index < -0.39 is 0 Å². The fourth-order valence-corrected chi connectivity index (χ4v) is 3.25. The van der Waals surface area contributed by atoms with Gasteiger partial charge < -0.3 is 9.47 Å². The maximum Gasteiger partial charge on any atom is 0.306 e. The molecule has 1 aliphatic rings. The Hall–Kier alpha value is -1.06. The fraction of sp³-hybridized carbons (Fsp3) is 0.905. The molecule has 0 aromatic rings. The van der Waals surface area contributed by atoms with Crippen LogP contribution in [0.4, 0.5) is 0 Å². The van der Waals surface area contributed by atoms with Crippen LogP contribution in [-0.2, 0) is 19.1 Å². The first kappa shape index (κ1) is 22.0. The molecule has 0 N–H and O–H groups in total. The first-order valence-electron chi connectivity index (χ1n) is 10.6. The number of unbranched alkanes of at least 4 members (excludes halogenated alkanes) is 10. The highest BCUT2D eigenvalue weighted by molar-refractivity contribution is 5.71. The molecule has 0 spiro atoms. The molecule has 0 aliphatic carbocycles. The Bertz CT molecular complexity index is 354. The number of hydrogen-bond donors (Lipinski definition) is 0. The Morgan fingerprint density at radius 1 is 0.960 bits per heavy atom. The Morgan fingerprint density at radius 3 is 2.12 bits per heavy atom. The van der Waals surface area contributed by atoms with E-state index in [1.165, 1.54) is 57.8 Å². The predicted molar refractivity (Wildman–Crippen MR) is 100 cm³/mol. The lowest BCUT2D eigenvalue weighted by atomic mass is 10.0. The van der Waals surface area contributed by atoms with Gasteiger partial charge in [-0.2, -0.15) is 0 Å². The minimum absolute atomic E-state index is 0.0142. The van der Waals surface area contributed by atoms with Crippen molar-refractivity contribution in [2.75, 3.05) is 6.61 Å². The molecule has 1 saturated heterocycles. The maximum atomic E-state index is 11.3. The van der Waals surface area contributed by atoms with Gasteiger partial charge in [0.15, 0.2) is 0 Å². The highest BCUT2D eigenvalue weighted by Gasteiger charge is 2.22. The zero-order valence-corrected chi connectivity index (χ0v) is 16.2. The van der Waals surface area contributed by atoms with E-state index in [1.54, 1.807) is 0 Å². The normalized spacial score (nSPS) is 16.8. The lowest BCUT2D eigenvalue weighted by Gasteiger charge is -2.08. The van der Waals surface area contributed by atoms with Gasteiger partial charge in [-0.05, 0) is 32.1 Å². The summed E-state index contributed by atoms with van der Waals surface area (Å²) in [6.07, 6.45) is 17.8. The van der Waals surface area contributed by atoms with Gasteiger partial charge in [0.1, 0.15) is 6.10 Å². The molecule has 1 fully saturated rings. The fourth-order valence-electron chi connectivity index (χ4n) is 3.25. The summed E-state index contributed by atoms with van der Waals surface area (Å²) >= 11 is 0. The van der Waals surface area contributed by atoms with E-state index in [9.17, 15) is 9.59 Å². The molecule has 0 radical (unpaired) electrons. The van der Waals surface area contributed by atoms with Gasteiger partial charge in [-0.3, -0.25) is 9.59 Å². The van der Waals surface area contributed by atoms with Gasteiger partial charge in [0, 0.05) is 12.8 Å². The summed E-state index contributed by atoms with van der Waals surface area (Å²) in [6, 6.07) is 0. The van der Waals surface area contributed by atoms with Crippen molar-refractivity contribution < 1.29 is 19.1 Å². The van der Waals surface area contributed by atoms with E-state index >= 15 is 0 Å². The second-order valence-corrected chi connectivity index (χ2v) is 7.30. The molecule has 146 valence electrons. The predicted octanol–water partition coefficient (Wildman–Crippen LogP) is 5.72. The van der Waals surface area contributed by atoms with Crippen molar-refractivity contribution in [3.8, 4) is 0 Å². The first-order valence-corrected chi connectivity index (χ1v) is 10.6. The molecule has 4 heteroatoms. The molecule has 1 unspecified atom stereocenters. The van der Waals surface area contributed by atoms with Crippen molar-refractivity contribution in [1.29, 1.82) is 0 Å². The average Bonchev–Trinajstić information content (AvgIpc) is 3.02. The lowest BCUT2D eigenvalue weighted by Crippen LogP contribution is -2.06. The van der Waals surface area contributed by atoms with Gasteiger partial charge >= 0.3 is 11.9 Å². The zero-order chi connectivity index (χ0) is 18.2. The smallest absolute Gasteiger partial charge is 0.306 e. The summed E-state index contributed by atoms with van der Waals surface area (Å²) in [6.45, 7) is 2.68.